The predicted octanol–water partition coefficient (Wildman–Crippen LogP) is 2.86. The van der Waals surface area contributed by atoms with Gasteiger partial charge in [-0.25, -0.2) is 0 Å². The second-order valence-electron chi connectivity index (χ2n) is 5.74. The number of nitrogens with zero attached hydrogens (tertiary/aromatic N) is 2. The van der Waals surface area contributed by atoms with Crippen molar-refractivity contribution in [1.82, 2.24) is 10.6 Å². The first kappa shape index (κ1) is 16.2. The Bertz CT molecular complexity index is 626. The first-order valence-electron chi connectivity index (χ1n) is 8.61. The molecule has 1 aliphatic heterocycles. The van der Waals surface area contributed by atoms with E-state index in [1.807, 2.05) is 36.5 Å². The molecule has 0 fully saturated rings. The molecule has 0 unspecified atom stereocenters. The summed E-state index contributed by atoms with van der Waals surface area (Å²) in [6.07, 6.45) is 22.5. The van der Waals surface area contributed by atoms with Gasteiger partial charge in [-0.1, -0.05) is 36.5 Å². The third-order valence-corrected chi connectivity index (χ3v) is 3.90. The van der Waals surface area contributed by atoms with Crippen LogP contribution in [0.1, 0.15) is 12.8 Å². The van der Waals surface area contributed by atoms with Crippen LogP contribution in [0, 0.1) is 0 Å². The molecule has 0 atom stereocenters. The van der Waals surface area contributed by atoms with Gasteiger partial charge in [0.1, 0.15) is 0 Å². The van der Waals surface area contributed by atoms with Gasteiger partial charge in [0.2, 0.25) is 0 Å². The topological polar surface area (TPSA) is 48.8 Å². The summed E-state index contributed by atoms with van der Waals surface area (Å²) in [6.45, 7) is 3.38. The van der Waals surface area contributed by atoms with Crippen molar-refractivity contribution in [2.75, 3.05) is 26.2 Å². The summed E-state index contributed by atoms with van der Waals surface area (Å²) in [4.78, 5) is 9.49. The largest absolute Gasteiger partial charge is 0.383 e. The van der Waals surface area contributed by atoms with Crippen molar-refractivity contribution in [2.24, 2.45) is 9.98 Å². The molecular weight excluding hydrogens is 296 g/mol. The van der Waals surface area contributed by atoms with E-state index in [4.69, 9.17) is 9.98 Å². The van der Waals surface area contributed by atoms with Crippen LogP contribution in [0.2, 0.25) is 0 Å². The van der Waals surface area contributed by atoms with E-state index in [0.717, 1.165) is 61.8 Å². The van der Waals surface area contributed by atoms with Crippen LogP contribution in [-0.4, -0.2) is 37.6 Å². The lowest BCUT2D eigenvalue weighted by Gasteiger charge is -2.14. The number of aliphatic imine (C=N–C) groups is 2. The second-order valence-corrected chi connectivity index (χ2v) is 5.74. The van der Waals surface area contributed by atoms with Crippen LogP contribution in [-0.2, 0) is 0 Å². The van der Waals surface area contributed by atoms with Crippen molar-refractivity contribution < 1.29 is 0 Å². The van der Waals surface area contributed by atoms with Crippen LogP contribution in [0.25, 0.3) is 0 Å². The molecule has 3 aliphatic rings. The molecule has 124 valence electrons. The van der Waals surface area contributed by atoms with Gasteiger partial charge in [-0.3, -0.25) is 9.98 Å². The van der Waals surface area contributed by atoms with Crippen molar-refractivity contribution in [3.05, 3.63) is 72.2 Å². The molecule has 0 aromatic heterocycles. The fraction of sp³-hybridized carbons (Fsp3) is 0.300. The highest BCUT2D eigenvalue weighted by molar-refractivity contribution is 6.09. The maximum atomic E-state index is 4.74. The van der Waals surface area contributed by atoms with E-state index >= 15 is 0 Å². The Morgan fingerprint density at radius 3 is 1.71 bits per heavy atom. The molecule has 1 heterocycles. The Hall–Kier alpha value is -2.62. The minimum absolute atomic E-state index is 0.782. The molecule has 0 aromatic carbocycles. The fourth-order valence-corrected chi connectivity index (χ4v) is 2.65. The van der Waals surface area contributed by atoms with Gasteiger partial charge >= 0.3 is 0 Å². The lowest BCUT2D eigenvalue weighted by molar-refractivity contribution is 0.694. The lowest BCUT2D eigenvalue weighted by atomic mass is 10.2. The van der Waals surface area contributed by atoms with E-state index in [1.165, 1.54) is 0 Å². The van der Waals surface area contributed by atoms with Gasteiger partial charge < -0.3 is 10.6 Å². The quantitative estimate of drug-likeness (QED) is 0.721. The molecule has 0 saturated carbocycles. The van der Waals surface area contributed by atoms with Crippen molar-refractivity contribution in [2.45, 2.75) is 12.8 Å². The van der Waals surface area contributed by atoms with Gasteiger partial charge in [0.25, 0.3) is 0 Å². The third kappa shape index (κ3) is 4.69. The maximum Gasteiger partial charge on any atom is 0.0805 e. The van der Waals surface area contributed by atoms with Crippen LogP contribution in [0.3, 0.4) is 0 Å². The fourth-order valence-electron chi connectivity index (χ4n) is 2.65. The monoisotopic (exact) mass is 320 g/mol. The van der Waals surface area contributed by atoms with E-state index in [1.54, 1.807) is 0 Å². The van der Waals surface area contributed by atoms with E-state index in [-0.39, 0.29) is 0 Å². The van der Waals surface area contributed by atoms with Crippen molar-refractivity contribution in [3.8, 4) is 0 Å². The Kier molecular flexibility index (Phi) is 6.00. The molecule has 0 saturated heterocycles. The van der Waals surface area contributed by atoms with Gasteiger partial charge in [0, 0.05) is 26.2 Å². The molecule has 2 N–H and O–H groups in total. The normalized spacial score (nSPS) is 21.3. The summed E-state index contributed by atoms with van der Waals surface area (Å²) < 4.78 is 0. The summed E-state index contributed by atoms with van der Waals surface area (Å²) in [7, 11) is 0. The summed E-state index contributed by atoms with van der Waals surface area (Å²) in [5.74, 6) is 0. The zero-order valence-electron chi connectivity index (χ0n) is 13.9. The van der Waals surface area contributed by atoms with E-state index < -0.39 is 0 Å². The van der Waals surface area contributed by atoms with Crippen molar-refractivity contribution in [3.63, 3.8) is 0 Å². The molecule has 0 amide bonds. The van der Waals surface area contributed by atoms with Crippen molar-refractivity contribution >= 4 is 11.4 Å². The van der Waals surface area contributed by atoms with Gasteiger partial charge in [-0.2, -0.15) is 0 Å². The molecule has 0 aromatic rings. The molecule has 0 spiro atoms. The number of nitrogens with one attached hydrogen (secondary N) is 2. The Labute approximate surface area is 143 Å². The van der Waals surface area contributed by atoms with Crippen molar-refractivity contribution in [1.29, 1.82) is 0 Å². The van der Waals surface area contributed by atoms with Crippen LogP contribution in [0.5, 0.6) is 0 Å². The second kappa shape index (κ2) is 8.87. The number of fused-ring (bicyclic) bond motifs is 2. The van der Waals surface area contributed by atoms with Gasteiger partial charge in [-0.15, -0.1) is 0 Å². The average Bonchev–Trinajstić information content (AvgIpc) is 2.95. The summed E-state index contributed by atoms with van der Waals surface area (Å²) in [6, 6.07) is 0. The highest BCUT2D eigenvalue weighted by Crippen LogP contribution is 2.06. The predicted molar refractivity (Wildman–Crippen MR) is 103 cm³/mol. The minimum atomic E-state index is 0.782. The lowest BCUT2D eigenvalue weighted by Crippen LogP contribution is -2.26. The number of allylic oxidation sites excluding steroid dienone is 10. The summed E-state index contributed by atoms with van der Waals surface area (Å²) >= 11 is 0. The number of rotatable bonds is 0. The molecule has 3 rings (SSSR count). The number of hydrogen-bond acceptors (Lipinski definition) is 4. The molecule has 2 aliphatic carbocycles. The smallest absolute Gasteiger partial charge is 0.0805 e. The van der Waals surface area contributed by atoms with Crippen LogP contribution >= 0.6 is 0 Å². The Balaban J connectivity index is 1.75. The highest BCUT2D eigenvalue weighted by Gasteiger charge is 2.07. The highest BCUT2D eigenvalue weighted by atomic mass is 14.9. The molecule has 4 nitrogen and oxygen atoms in total. The van der Waals surface area contributed by atoms with E-state index in [9.17, 15) is 0 Å². The maximum absolute atomic E-state index is 4.74. The molecular formula is C20H24N4. The summed E-state index contributed by atoms with van der Waals surface area (Å²) in [5.41, 5.74) is 4.25. The van der Waals surface area contributed by atoms with E-state index in [0.29, 0.717) is 0 Å². The SMILES string of the molecule is C1=CC=C2NCCCNC3=CC=CC=CC3=NCCCN=C2C=C1. The molecule has 0 radical (unpaired) electrons. The van der Waals surface area contributed by atoms with Crippen LogP contribution in [0.15, 0.2) is 82.1 Å². The van der Waals surface area contributed by atoms with Crippen LogP contribution in [0.4, 0.5) is 0 Å². The van der Waals surface area contributed by atoms with Gasteiger partial charge in [0.15, 0.2) is 0 Å². The van der Waals surface area contributed by atoms with Gasteiger partial charge in [0.05, 0.1) is 22.8 Å². The number of hydrogen-bond donors (Lipinski definition) is 2. The van der Waals surface area contributed by atoms with Gasteiger partial charge in [-0.05, 0) is 37.1 Å². The first-order chi connectivity index (χ1) is 11.9. The molecule has 0 bridgehead atoms. The Morgan fingerprint density at radius 2 is 1.17 bits per heavy atom. The standard InChI is InChI=1S/C20H24N4/c1-3-9-17-18(10-4-1)22-14-8-16-24-20-12-6-2-5-11-19(20)23-15-7-13-21-17/h1-6,9-12,21,23H,7-8,13-16H2. The summed E-state index contributed by atoms with van der Waals surface area (Å²) in [5, 5.41) is 7.02. The first-order valence-corrected chi connectivity index (χ1v) is 8.61. The third-order valence-electron chi connectivity index (χ3n) is 3.90. The van der Waals surface area contributed by atoms with E-state index in [2.05, 4.69) is 34.9 Å². The zero-order chi connectivity index (χ0) is 16.5. The zero-order valence-corrected chi connectivity index (χ0v) is 13.9. The molecule has 4 heteroatoms. The molecule has 24 heavy (non-hydrogen) atoms. The minimum Gasteiger partial charge on any atom is -0.383 e. The Morgan fingerprint density at radius 1 is 0.625 bits per heavy atom. The van der Waals surface area contributed by atoms with Crippen LogP contribution < -0.4 is 10.6 Å². The average molecular weight is 320 g/mol.